The van der Waals surface area contributed by atoms with Crippen LogP contribution in [0.2, 0.25) is 0 Å². The molecule has 8 heteroatoms. The molecule has 1 aliphatic heterocycles. The standard InChI is InChI=1S/C15H13N7O.C3H6/c1-20-9-11(8-18-20)12-6-13-17-3-5-21(13)15(19-12)22-4-2-10(7-16)14(22)23;1-2-3-1/h3,5-6,8-10H,2,4H2,1H3;1-3H2. The number of aryl methyl sites for hydroxylation is 1. The summed E-state index contributed by atoms with van der Waals surface area (Å²) in [5.74, 6) is -0.322. The van der Waals surface area contributed by atoms with Crippen LogP contribution in [0, 0.1) is 17.2 Å². The Kier molecular flexibility index (Phi) is 4.13. The van der Waals surface area contributed by atoms with E-state index in [2.05, 4.69) is 15.1 Å². The van der Waals surface area contributed by atoms with Crippen molar-refractivity contribution >= 4 is 17.5 Å². The number of carbonyl (C=O) groups excluding carboxylic acids is 1. The Morgan fingerprint density at radius 1 is 1.31 bits per heavy atom. The molecule has 0 N–H and O–H groups in total. The van der Waals surface area contributed by atoms with Gasteiger partial charge in [-0.05, 0) is 6.42 Å². The molecule has 2 fully saturated rings. The summed E-state index contributed by atoms with van der Waals surface area (Å²) in [6.07, 6.45) is 12.0. The Balaban J connectivity index is 0.000000510. The maximum absolute atomic E-state index is 12.4. The summed E-state index contributed by atoms with van der Waals surface area (Å²) < 4.78 is 3.46. The molecule has 1 saturated heterocycles. The number of nitrogens with zero attached hydrogens (tertiary/aromatic N) is 7. The van der Waals surface area contributed by atoms with Gasteiger partial charge >= 0.3 is 0 Å². The van der Waals surface area contributed by atoms with Crippen molar-refractivity contribution in [2.24, 2.45) is 13.0 Å². The second kappa shape index (κ2) is 6.59. The zero-order chi connectivity index (χ0) is 18.1. The quantitative estimate of drug-likeness (QED) is 0.707. The topological polar surface area (TPSA) is 92.1 Å². The van der Waals surface area contributed by atoms with Crippen molar-refractivity contribution < 1.29 is 4.79 Å². The molecule has 1 amide bonds. The predicted molar refractivity (Wildman–Crippen MR) is 95.1 cm³/mol. The summed E-state index contributed by atoms with van der Waals surface area (Å²) in [6.45, 7) is 0.480. The van der Waals surface area contributed by atoms with Crippen LogP contribution in [0.15, 0.2) is 30.9 Å². The Bertz CT molecular complexity index is 992. The van der Waals surface area contributed by atoms with Gasteiger partial charge in [0.25, 0.3) is 0 Å². The van der Waals surface area contributed by atoms with Crippen LogP contribution in [0.5, 0.6) is 0 Å². The fraction of sp³-hybridized carbons (Fsp3) is 0.389. The first-order chi connectivity index (χ1) is 12.7. The van der Waals surface area contributed by atoms with E-state index in [9.17, 15) is 4.79 Å². The van der Waals surface area contributed by atoms with E-state index in [4.69, 9.17) is 5.26 Å². The molecule has 1 aliphatic carbocycles. The van der Waals surface area contributed by atoms with E-state index in [1.54, 1.807) is 32.6 Å². The third-order valence-corrected chi connectivity index (χ3v) is 4.33. The fourth-order valence-corrected chi connectivity index (χ4v) is 2.80. The lowest BCUT2D eigenvalue weighted by Gasteiger charge is -2.17. The molecule has 2 aliphatic rings. The highest BCUT2D eigenvalue weighted by Gasteiger charge is 2.34. The maximum atomic E-state index is 12.4. The summed E-state index contributed by atoms with van der Waals surface area (Å²) in [5, 5.41) is 13.2. The van der Waals surface area contributed by atoms with Crippen molar-refractivity contribution in [1.82, 2.24) is 24.1 Å². The van der Waals surface area contributed by atoms with E-state index >= 15 is 0 Å². The molecule has 0 bridgehead atoms. The smallest absolute Gasteiger partial charge is 0.246 e. The van der Waals surface area contributed by atoms with Gasteiger partial charge in [-0.1, -0.05) is 19.3 Å². The molecule has 8 nitrogen and oxygen atoms in total. The molecular formula is C18H19N7O. The summed E-state index contributed by atoms with van der Waals surface area (Å²) in [5.41, 5.74) is 2.24. The number of nitriles is 1. The Morgan fingerprint density at radius 3 is 2.73 bits per heavy atom. The van der Waals surface area contributed by atoms with Crippen LogP contribution in [-0.2, 0) is 11.8 Å². The molecular weight excluding hydrogens is 330 g/mol. The van der Waals surface area contributed by atoms with Gasteiger partial charge in [0.2, 0.25) is 11.9 Å². The van der Waals surface area contributed by atoms with Crippen LogP contribution < -0.4 is 4.90 Å². The number of imidazole rings is 1. The van der Waals surface area contributed by atoms with Crippen molar-refractivity contribution in [1.29, 1.82) is 5.26 Å². The normalized spacial score (nSPS) is 18.5. The van der Waals surface area contributed by atoms with Gasteiger partial charge in [0, 0.05) is 43.8 Å². The molecule has 132 valence electrons. The first-order valence-electron chi connectivity index (χ1n) is 8.71. The second-order valence-electron chi connectivity index (χ2n) is 6.52. The van der Waals surface area contributed by atoms with Crippen LogP contribution in [0.3, 0.4) is 0 Å². The van der Waals surface area contributed by atoms with Gasteiger partial charge in [0.15, 0.2) is 0 Å². The van der Waals surface area contributed by atoms with Gasteiger partial charge in [0.1, 0.15) is 11.6 Å². The van der Waals surface area contributed by atoms with E-state index in [1.165, 1.54) is 19.3 Å². The highest BCUT2D eigenvalue weighted by atomic mass is 16.2. The van der Waals surface area contributed by atoms with Gasteiger partial charge in [-0.2, -0.15) is 10.4 Å². The third-order valence-electron chi connectivity index (χ3n) is 4.33. The average Bonchev–Trinajstić information content (AvgIpc) is 3.20. The van der Waals surface area contributed by atoms with Crippen LogP contribution in [0.25, 0.3) is 16.9 Å². The van der Waals surface area contributed by atoms with E-state index in [1.807, 2.05) is 25.4 Å². The minimum Gasteiger partial charge on any atom is -0.281 e. The van der Waals surface area contributed by atoms with Crippen LogP contribution in [-0.4, -0.2) is 36.6 Å². The monoisotopic (exact) mass is 349 g/mol. The van der Waals surface area contributed by atoms with Crippen LogP contribution in [0.1, 0.15) is 25.7 Å². The zero-order valence-corrected chi connectivity index (χ0v) is 14.5. The molecule has 0 radical (unpaired) electrons. The highest BCUT2D eigenvalue weighted by molar-refractivity contribution is 5.97. The fourth-order valence-electron chi connectivity index (χ4n) is 2.80. The lowest BCUT2D eigenvalue weighted by molar-refractivity contribution is -0.119. The Labute approximate surface area is 150 Å². The summed E-state index contributed by atoms with van der Waals surface area (Å²) in [7, 11) is 1.83. The molecule has 0 spiro atoms. The van der Waals surface area contributed by atoms with Gasteiger partial charge in [-0.25, -0.2) is 9.97 Å². The van der Waals surface area contributed by atoms with E-state index in [0.29, 0.717) is 30.3 Å². The van der Waals surface area contributed by atoms with Gasteiger partial charge in [-0.15, -0.1) is 0 Å². The summed E-state index contributed by atoms with van der Waals surface area (Å²) in [4.78, 5) is 22.8. The van der Waals surface area contributed by atoms with Crippen molar-refractivity contribution in [3.63, 3.8) is 0 Å². The Hall–Kier alpha value is -3.21. The van der Waals surface area contributed by atoms with Gasteiger partial charge < -0.3 is 0 Å². The predicted octanol–water partition coefficient (Wildman–Crippen LogP) is 2.18. The number of carbonyl (C=O) groups is 1. The lowest BCUT2D eigenvalue weighted by Crippen LogP contribution is -2.29. The van der Waals surface area contributed by atoms with Gasteiger partial charge in [0.05, 0.1) is 18.0 Å². The number of rotatable bonds is 2. The number of aromatic nitrogens is 5. The molecule has 1 saturated carbocycles. The molecule has 5 rings (SSSR count). The largest absolute Gasteiger partial charge is 0.281 e. The number of amides is 1. The van der Waals surface area contributed by atoms with Crippen molar-refractivity contribution in [3.8, 4) is 17.3 Å². The van der Waals surface area contributed by atoms with Gasteiger partial charge in [-0.3, -0.25) is 18.8 Å². The van der Waals surface area contributed by atoms with E-state index in [0.717, 1.165) is 5.56 Å². The number of anilines is 1. The molecule has 0 aromatic carbocycles. The average molecular weight is 349 g/mol. The van der Waals surface area contributed by atoms with Crippen LogP contribution in [0.4, 0.5) is 5.95 Å². The summed E-state index contributed by atoms with van der Waals surface area (Å²) in [6, 6.07) is 3.90. The van der Waals surface area contributed by atoms with Crippen molar-refractivity contribution in [3.05, 3.63) is 30.9 Å². The summed E-state index contributed by atoms with van der Waals surface area (Å²) >= 11 is 0. The number of hydrogen-bond donors (Lipinski definition) is 0. The SMILES string of the molecule is C1CC1.Cn1cc(-c2cc3nccn3c(N3CCC(C#N)C3=O)n2)cn1. The second-order valence-corrected chi connectivity index (χ2v) is 6.52. The third kappa shape index (κ3) is 3.04. The molecule has 4 heterocycles. The first kappa shape index (κ1) is 16.3. The number of hydrogen-bond acceptors (Lipinski definition) is 5. The highest BCUT2D eigenvalue weighted by Crippen LogP contribution is 2.27. The van der Waals surface area contributed by atoms with E-state index in [-0.39, 0.29) is 5.91 Å². The minimum absolute atomic E-state index is 0.210. The number of fused-ring (bicyclic) bond motifs is 1. The van der Waals surface area contributed by atoms with Crippen molar-refractivity contribution in [2.45, 2.75) is 25.7 Å². The zero-order valence-electron chi connectivity index (χ0n) is 14.5. The van der Waals surface area contributed by atoms with E-state index < -0.39 is 5.92 Å². The molecule has 3 aromatic heterocycles. The lowest BCUT2D eigenvalue weighted by atomic mass is 10.1. The molecule has 3 aromatic rings. The molecule has 26 heavy (non-hydrogen) atoms. The Morgan fingerprint density at radius 2 is 2.12 bits per heavy atom. The molecule has 1 unspecified atom stereocenters. The molecule has 1 atom stereocenters. The van der Waals surface area contributed by atoms with Crippen molar-refractivity contribution in [2.75, 3.05) is 11.4 Å². The first-order valence-corrected chi connectivity index (χ1v) is 8.71. The minimum atomic E-state index is -0.600. The van der Waals surface area contributed by atoms with Crippen LogP contribution >= 0.6 is 0 Å². The maximum Gasteiger partial charge on any atom is 0.246 e.